The van der Waals surface area contributed by atoms with Gasteiger partial charge in [-0.25, -0.2) is 0 Å². The molecule has 0 bridgehead atoms. The molecule has 0 aliphatic carbocycles. The molecule has 12 heteroatoms. The molecule has 12 nitrogen and oxygen atoms in total. The van der Waals surface area contributed by atoms with Crippen LogP contribution in [-0.2, 0) is 28.7 Å². The molecule has 0 saturated heterocycles. The molecule has 0 heterocycles. The fraction of sp³-hybridized carbons (Fsp3) is 0.778. The van der Waals surface area contributed by atoms with Gasteiger partial charge in [0.15, 0.2) is 0 Å². The number of rotatable bonds is 16. The minimum atomic E-state index is -1.07. The predicted octanol–water partition coefficient (Wildman–Crippen LogP) is -2.88. The van der Waals surface area contributed by atoms with Crippen molar-refractivity contribution in [3.63, 3.8) is 0 Å². The van der Waals surface area contributed by atoms with Crippen LogP contribution in [0.4, 0.5) is 0 Å². The molecule has 1 unspecified atom stereocenters. The van der Waals surface area contributed by atoms with E-state index >= 15 is 0 Å². The van der Waals surface area contributed by atoms with Crippen molar-refractivity contribution in [3.05, 3.63) is 0 Å². The summed E-state index contributed by atoms with van der Waals surface area (Å²) < 4.78 is 11.3. The number of nitrogens with one attached hydrogen (secondary N) is 3. The van der Waals surface area contributed by atoms with Crippen molar-refractivity contribution in [2.24, 2.45) is 11.5 Å². The van der Waals surface area contributed by atoms with Gasteiger partial charge in [-0.1, -0.05) is 0 Å². The number of nitrogens with two attached hydrogens (primary N) is 2. The van der Waals surface area contributed by atoms with Gasteiger partial charge < -0.3 is 42.0 Å². The van der Waals surface area contributed by atoms with Crippen LogP contribution in [0.1, 0.15) is 33.6 Å². The molecule has 0 rings (SSSR count). The maximum absolute atomic E-state index is 11.9. The van der Waals surface area contributed by atoms with Crippen LogP contribution in [0.15, 0.2) is 0 Å². The Bertz CT molecular complexity index is 571. The van der Waals surface area contributed by atoms with Crippen LogP contribution >= 0.6 is 0 Å². The highest BCUT2D eigenvalue weighted by molar-refractivity contribution is 5.88. The van der Waals surface area contributed by atoms with E-state index < -0.39 is 36.0 Å². The summed E-state index contributed by atoms with van der Waals surface area (Å²) in [6.45, 7) is 5.12. The molecule has 0 radical (unpaired) electrons. The van der Waals surface area contributed by atoms with Gasteiger partial charge in [-0.2, -0.15) is 0 Å². The highest BCUT2D eigenvalue weighted by Gasteiger charge is 2.22. The van der Waals surface area contributed by atoms with Crippen molar-refractivity contribution < 1.29 is 33.8 Å². The Kier molecular flexibility index (Phi) is 13.5. The minimum absolute atomic E-state index is 0.182. The van der Waals surface area contributed by atoms with E-state index in [1.54, 1.807) is 6.92 Å². The molecule has 2 atom stereocenters. The molecule has 174 valence electrons. The third-order valence-corrected chi connectivity index (χ3v) is 3.95. The van der Waals surface area contributed by atoms with Gasteiger partial charge in [0.25, 0.3) is 0 Å². The molecular formula is C18H35N5O7. The molecule has 0 aromatic heterocycles. The molecule has 0 aromatic carbocycles. The second-order valence-corrected chi connectivity index (χ2v) is 7.29. The first-order valence-corrected chi connectivity index (χ1v) is 9.69. The Hall–Kier alpha value is -2.28. The lowest BCUT2D eigenvalue weighted by Crippen LogP contribution is -2.51. The van der Waals surface area contributed by atoms with Gasteiger partial charge in [0.05, 0.1) is 44.6 Å². The molecule has 0 spiro atoms. The topological polar surface area (TPSA) is 195 Å². The Morgan fingerprint density at radius 2 is 1.80 bits per heavy atom. The molecule has 0 aliphatic heterocycles. The molecular weight excluding hydrogens is 398 g/mol. The molecule has 0 aromatic rings. The SMILES string of the molecule is CC(COC(C)(C)CCC(=O)NCC(N)=O)OCCNC(=O)[C@H](CO)NC(=O)CN. The van der Waals surface area contributed by atoms with Gasteiger partial charge in [-0.05, 0) is 27.2 Å². The molecule has 0 fully saturated rings. The zero-order valence-electron chi connectivity index (χ0n) is 17.9. The normalized spacial score (nSPS) is 13.2. The van der Waals surface area contributed by atoms with E-state index in [4.69, 9.17) is 26.0 Å². The van der Waals surface area contributed by atoms with E-state index in [2.05, 4.69) is 16.0 Å². The summed E-state index contributed by atoms with van der Waals surface area (Å²) in [4.78, 5) is 45.3. The fourth-order valence-electron chi connectivity index (χ4n) is 2.16. The summed E-state index contributed by atoms with van der Waals surface area (Å²) in [6, 6.07) is -1.07. The zero-order chi connectivity index (χ0) is 23.2. The lowest BCUT2D eigenvalue weighted by molar-refractivity contribution is -0.129. The van der Waals surface area contributed by atoms with E-state index in [1.807, 2.05) is 13.8 Å². The van der Waals surface area contributed by atoms with Gasteiger partial charge in [0.1, 0.15) is 6.04 Å². The monoisotopic (exact) mass is 433 g/mol. The predicted molar refractivity (Wildman–Crippen MR) is 108 cm³/mol. The standard InChI is InChI=1S/C18H35N5O7/c1-12(11-30-18(2,3)5-4-15(26)22-9-14(20)25)29-7-6-21-17(28)13(10-24)23-16(27)8-19/h12-13,24H,4-11,19H2,1-3H3,(H2,20,25)(H,21,28)(H,22,26)(H,23,27)/t12?,13-/m0/s1. The number of aliphatic hydroxyl groups is 1. The van der Waals surface area contributed by atoms with Crippen LogP contribution in [0.2, 0.25) is 0 Å². The van der Waals surface area contributed by atoms with E-state index in [-0.39, 0.29) is 51.3 Å². The summed E-state index contributed by atoms with van der Waals surface area (Å²) >= 11 is 0. The summed E-state index contributed by atoms with van der Waals surface area (Å²) in [6.07, 6.45) is 0.363. The van der Waals surface area contributed by atoms with Gasteiger partial charge in [0, 0.05) is 13.0 Å². The molecule has 30 heavy (non-hydrogen) atoms. The highest BCUT2D eigenvalue weighted by atomic mass is 16.5. The number of carbonyl (C=O) groups excluding carboxylic acids is 4. The number of primary amides is 1. The van der Waals surface area contributed by atoms with Crippen molar-refractivity contribution >= 4 is 23.6 Å². The average molecular weight is 434 g/mol. The lowest BCUT2D eigenvalue weighted by Gasteiger charge is -2.27. The quantitative estimate of drug-likeness (QED) is 0.140. The number of hydrogen-bond donors (Lipinski definition) is 6. The van der Waals surface area contributed by atoms with Crippen molar-refractivity contribution in [3.8, 4) is 0 Å². The fourth-order valence-corrected chi connectivity index (χ4v) is 2.16. The Labute approximate surface area is 176 Å². The van der Waals surface area contributed by atoms with Gasteiger partial charge >= 0.3 is 0 Å². The Morgan fingerprint density at radius 3 is 2.37 bits per heavy atom. The first kappa shape index (κ1) is 27.7. The molecule has 4 amide bonds. The number of carbonyl (C=O) groups is 4. The first-order chi connectivity index (χ1) is 14.0. The van der Waals surface area contributed by atoms with Crippen molar-refractivity contribution in [1.82, 2.24) is 16.0 Å². The van der Waals surface area contributed by atoms with Gasteiger partial charge in [0.2, 0.25) is 23.6 Å². The third-order valence-electron chi connectivity index (χ3n) is 3.95. The van der Waals surface area contributed by atoms with Crippen LogP contribution in [0, 0.1) is 0 Å². The summed E-state index contributed by atoms with van der Waals surface area (Å²) in [5.74, 6) is -1.97. The summed E-state index contributed by atoms with van der Waals surface area (Å²) in [5.41, 5.74) is 9.54. The number of hydrogen-bond acceptors (Lipinski definition) is 8. The van der Waals surface area contributed by atoms with Crippen molar-refractivity contribution in [2.45, 2.75) is 51.4 Å². The second kappa shape index (κ2) is 14.7. The summed E-state index contributed by atoms with van der Waals surface area (Å²) in [5, 5.41) is 16.4. The summed E-state index contributed by atoms with van der Waals surface area (Å²) in [7, 11) is 0. The lowest BCUT2D eigenvalue weighted by atomic mass is 10.0. The average Bonchev–Trinajstić information content (AvgIpc) is 2.70. The van der Waals surface area contributed by atoms with Crippen molar-refractivity contribution in [2.75, 3.05) is 39.5 Å². The minimum Gasteiger partial charge on any atom is -0.394 e. The zero-order valence-corrected chi connectivity index (χ0v) is 17.9. The van der Waals surface area contributed by atoms with E-state index in [0.29, 0.717) is 6.42 Å². The highest BCUT2D eigenvalue weighted by Crippen LogP contribution is 2.17. The van der Waals surface area contributed by atoms with E-state index in [9.17, 15) is 19.2 Å². The number of amides is 4. The maximum atomic E-state index is 11.9. The van der Waals surface area contributed by atoms with Crippen LogP contribution < -0.4 is 27.4 Å². The number of ether oxygens (including phenoxy) is 2. The second-order valence-electron chi connectivity index (χ2n) is 7.29. The van der Waals surface area contributed by atoms with E-state index in [1.165, 1.54) is 0 Å². The van der Waals surface area contributed by atoms with Crippen LogP contribution in [0.3, 0.4) is 0 Å². The van der Waals surface area contributed by atoms with Crippen LogP contribution in [0.25, 0.3) is 0 Å². The Balaban J connectivity index is 4.05. The van der Waals surface area contributed by atoms with E-state index in [0.717, 1.165) is 0 Å². The molecule has 8 N–H and O–H groups in total. The molecule has 0 saturated carbocycles. The largest absolute Gasteiger partial charge is 0.394 e. The molecule has 0 aliphatic rings. The maximum Gasteiger partial charge on any atom is 0.245 e. The van der Waals surface area contributed by atoms with Crippen LogP contribution in [-0.4, -0.2) is 85.9 Å². The third kappa shape index (κ3) is 13.8. The van der Waals surface area contributed by atoms with Crippen molar-refractivity contribution in [1.29, 1.82) is 0 Å². The first-order valence-electron chi connectivity index (χ1n) is 9.69. The van der Waals surface area contributed by atoms with Gasteiger partial charge in [-0.3, -0.25) is 19.2 Å². The van der Waals surface area contributed by atoms with Gasteiger partial charge in [-0.15, -0.1) is 0 Å². The Morgan fingerprint density at radius 1 is 1.13 bits per heavy atom. The van der Waals surface area contributed by atoms with Crippen LogP contribution in [0.5, 0.6) is 0 Å². The number of aliphatic hydroxyl groups excluding tert-OH is 1. The smallest absolute Gasteiger partial charge is 0.245 e.